The summed E-state index contributed by atoms with van der Waals surface area (Å²) >= 11 is 9.50. The fraction of sp³-hybridized carbons (Fsp3) is 0.250. The highest BCUT2D eigenvalue weighted by Crippen LogP contribution is 2.28. The first-order chi connectivity index (χ1) is 14.0. The number of aliphatic imine (C=N–C) groups is 1. The molecule has 0 spiro atoms. The second-order valence-corrected chi connectivity index (χ2v) is 7.51. The third-order valence-electron chi connectivity index (χ3n) is 3.95. The summed E-state index contributed by atoms with van der Waals surface area (Å²) in [6, 6.07) is 8.97. The van der Waals surface area contributed by atoms with Gasteiger partial charge in [-0.15, -0.1) is 0 Å². The lowest BCUT2D eigenvalue weighted by Crippen LogP contribution is -2.26. The molecule has 2 aromatic heterocycles. The largest absolute Gasteiger partial charge is 0.484 e. The van der Waals surface area contributed by atoms with Crippen molar-refractivity contribution in [2.24, 2.45) is 12.0 Å². The monoisotopic (exact) mass is 478 g/mol. The molecule has 0 aliphatic heterocycles. The second kappa shape index (κ2) is 9.76. The third-order valence-corrected chi connectivity index (χ3v) is 4.74. The van der Waals surface area contributed by atoms with E-state index in [1.807, 2.05) is 13.0 Å². The maximum atomic E-state index is 12.3. The molecule has 0 radical (unpaired) electrons. The lowest BCUT2D eigenvalue weighted by atomic mass is 10.3. The number of aromatic nitrogens is 2. The minimum Gasteiger partial charge on any atom is -0.484 e. The van der Waals surface area contributed by atoms with Gasteiger partial charge in [-0.2, -0.15) is 5.10 Å². The van der Waals surface area contributed by atoms with Gasteiger partial charge in [0.05, 0.1) is 17.4 Å². The zero-order valence-corrected chi connectivity index (χ0v) is 18.3. The number of hydrogen-bond donors (Lipinski definition) is 1. The third kappa shape index (κ3) is 5.48. The van der Waals surface area contributed by atoms with Gasteiger partial charge in [-0.1, -0.05) is 34.5 Å². The molecule has 1 amide bonds. The number of amides is 1. The van der Waals surface area contributed by atoms with E-state index in [0.717, 1.165) is 10.9 Å². The van der Waals surface area contributed by atoms with E-state index in [0.29, 0.717) is 40.2 Å². The first-order valence-corrected chi connectivity index (χ1v) is 10.2. The van der Waals surface area contributed by atoms with Crippen LogP contribution in [0.15, 0.2) is 50.4 Å². The molecule has 0 saturated carbocycles. The molecule has 3 aromatic rings. The maximum Gasteiger partial charge on any atom is 0.271 e. The molecule has 0 aliphatic rings. The van der Waals surface area contributed by atoms with Crippen LogP contribution in [-0.2, 0) is 13.7 Å². The molecule has 3 rings (SSSR count). The lowest BCUT2D eigenvalue weighted by molar-refractivity contribution is 0.0945. The van der Waals surface area contributed by atoms with Crippen molar-refractivity contribution in [3.63, 3.8) is 0 Å². The average molecular weight is 480 g/mol. The SMILES string of the molecule is CCCNC(=O)c1c(N=Cc2ccc(COc3ccc(Br)cc3Cl)o2)cnn1C. The summed E-state index contributed by atoms with van der Waals surface area (Å²) in [5.74, 6) is 1.52. The number of carbonyl (C=O) groups excluding carboxylic acids is 1. The summed E-state index contributed by atoms with van der Waals surface area (Å²) in [5, 5.41) is 7.46. The van der Waals surface area contributed by atoms with E-state index in [-0.39, 0.29) is 12.5 Å². The first kappa shape index (κ1) is 21.1. The number of aryl methyl sites for hydroxylation is 1. The molecule has 29 heavy (non-hydrogen) atoms. The van der Waals surface area contributed by atoms with Crippen LogP contribution in [0, 0.1) is 0 Å². The van der Waals surface area contributed by atoms with Gasteiger partial charge in [0.2, 0.25) is 0 Å². The average Bonchev–Trinajstić information content (AvgIpc) is 3.30. The van der Waals surface area contributed by atoms with Crippen molar-refractivity contribution in [3.8, 4) is 5.75 Å². The number of nitrogens with zero attached hydrogens (tertiary/aromatic N) is 3. The number of benzene rings is 1. The minimum atomic E-state index is -0.209. The predicted octanol–water partition coefficient (Wildman–Crippen LogP) is 4.90. The normalized spacial score (nSPS) is 11.2. The van der Waals surface area contributed by atoms with Gasteiger partial charge in [-0.3, -0.25) is 9.48 Å². The highest BCUT2D eigenvalue weighted by molar-refractivity contribution is 9.10. The van der Waals surface area contributed by atoms with Crippen LogP contribution in [0.3, 0.4) is 0 Å². The van der Waals surface area contributed by atoms with Crippen molar-refractivity contribution in [3.05, 3.63) is 63.2 Å². The van der Waals surface area contributed by atoms with Crippen LogP contribution in [0.5, 0.6) is 5.75 Å². The highest BCUT2D eigenvalue weighted by Gasteiger charge is 2.16. The number of hydrogen-bond acceptors (Lipinski definition) is 5. The summed E-state index contributed by atoms with van der Waals surface area (Å²) in [5.41, 5.74) is 0.867. The molecular formula is C20H20BrClN4O3. The Labute approximate surface area is 181 Å². The summed E-state index contributed by atoms with van der Waals surface area (Å²) in [4.78, 5) is 16.6. The van der Waals surface area contributed by atoms with Crippen LogP contribution in [0.2, 0.25) is 5.02 Å². The molecular weight excluding hydrogens is 460 g/mol. The van der Waals surface area contributed by atoms with E-state index < -0.39 is 0 Å². The molecule has 0 unspecified atom stereocenters. The number of rotatable bonds is 8. The van der Waals surface area contributed by atoms with Gasteiger partial charge >= 0.3 is 0 Å². The molecule has 1 N–H and O–H groups in total. The Kier molecular flexibility index (Phi) is 7.11. The summed E-state index contributed by atoms with van der Waals surface area (Å²) in [7, 11) is 1.70. The molecule has 0 saturated heterocycles. The quantitative estimate of drug-likeness (QED) is 0.466. The molecule has 0 atom stereocenters. The molecule has 0 fully saturated rings. The van der Waals surface area contributed by atoms with Gasteiger partial charge in [0.15, 0.2) is 5.69 Å². The van der Waals surface area contributed by atoms with Crippen LogP contribution >= 0.6 is 27.5 Å². The Bertz CT molecular complexity index is 1030. The lowest BCUT2D eigenvalue weighted by Gasteiger charge is -2.06. The van der Waals surface area contributed by atoms with Gasteiger partial charge in [-0.25, -0.2) is 4.99 Å². The van der Waals surface area contributed by atoms with Crippen LogP contribution in [0.25, 0.3) is 0 Å². The van der Waals surface area contributed by atoms with Crippen LogP contribution in [0.4, 0.5) is 5.69 Å². The van der Waals surface area contributed by atoms with Gasteiger partial charge in [0, 0.05) is 18.1 Å². The molecule has 2 heterocycles. The Morgan fingerprint density at radius 2 is 2.24 bits per heavy atom. The number of nitrogens with one attached hydrogen (secondary N) is 1. The number of ether oxygens (including phenoxy) is 1. The van der Waals surface area contributed by atoms with Crippen LogP contribution in [-0.4, -0.2) is 28.4 Å². The van der Waals surface area contributed by atoms with Crippen molar-refractivity contribution in [2.45, 2.75) is 20.0 Å². The Balaban J connectivity index is 1.66. The maximum absolute atomic E-state index is 12.3. The number of halogens is 2. The Hall–Kier alpha value is -2.58. The Morgan fingerprint density at radius 1 is 1.41 bits per heavy atom. The van der Waals surface area contributed by atoms with Gasteiger partial charge in [-0.05, 0) is 36.8 Å². The van der Waals surface area contributed by atoms with E-state index in [1.165, 1.54) is 4.68 Å². The Morgan fingerprint density at radius 3 is 3.00 bits per heavy atom. The van der Waals surface area contributed by atoms with Crippen molar-refractivity contribution in [2.75, 3.05) is 6.54 Å². The first-order valence-electron chi connectivity index (χ1n) is 8.98. The van der Waals surface area contributed by atoms with E-state index in [2.05, 4.69) is 31.3 Å². The topological polar surface area (TPSA) is 81.7 Å². The van der Waals surface area contributed by atoms with Crippen molar-refractivity contribution < 1.29 is 13.9 Å². The summed E-state index contributed by atoms with van der Waals surface area (Å²) in [6.07, 6.45) is 3.94. The zero-order valence-electron chi connectivity index (χ0n) is 16.0. The van der Waals surface area contributed by atoms with E-state index in [1.54, 1.807) is 43.7 Å². The van der Waals surface area contributed by atoms with Gasteiger partial charge in [0.25, 0.3) is 5.91 Å². The van der Waals surface area contributed by atoms with Crippen molar-refractivity contribution in [1.29, 1.82) is 0 Å². The molecule has 9 heteroatoms. The standard InChI is InChI=1S/C20H20BrClN4O3/c1-3-8-23-20(27)19-17(11-25-26(19)2)24-10-14-5-6-15(29-14)12-28-18-7-4-13(21)9-16(18)22/h4-7,9-11H,3,8,12H2,1-2H3,(H,23,27). The summed E-state index contributed by atoms with van der Waals surface area (Å²) < 4.78 is 13.8. The van der Waals surface area contributed by atoms with Crippen LogP contribution < -0.4 is 10.1 Å². The molecule has 0 aliphatic carbocycles. The van der Waals surface area contributed by atoms with Crippen molar-refractivity contribution >= 4 is 45.3 Å². The van der Waals surface area contributed by atoms with Crippen molar-refractivity contribution in [1.82, 2.24) is 15.1 Å². The smallest absolute Gasteiger partial charge is 0.271 e. The fourth-order valence-electron chi connectivity index (χ4n) is 2.52. The molecule has 1 aromatic carbocycles. The van der Waals surface area contributed by atoms with Gasteiger partial charge < -0.3 is 14.5 Å². The zero-order chi connectivity index (χ0) is 20.8. The minimum absolute atomic E-state index is 0.209. The highest BCUT2D eigenvalue weighted by atomic mass is 79.9. The fourth-order valence-corrected chi connectivity index (χ4v) is 3.25. The predicted molar refractivity (Wildman–Crippen MR) is 115 cm³/mol. The second-order valence-electron chi connectivity index (χ2n) is 6.18. The van der Waals surface area contributed by atoms with E-state index >= 15 is 0 Å². The van der Waals surface area contributed by atoms with E-state index in [9.17, 15) is 4.79 Å². The number of carbonyl (C=O) groups is 1. The molecule has 152 valence electrons. The molecule has 7 nitrogen and oxygen atoms in total. The van der Waals surface area contributed by atoms with Crippen LogP contribution in [0.1, 0.15) is 35.4 Å². The molecule has 0 bridgehead atoms. The summed E-state index contributed by atoms with van der Waals surface area (Å²) in [6.45, 7) is 2.81. The van der Waals surface area contributed by atoms with Gasteiger partial charge in [0.1, 0.15) is 29.6 Å². The van der Waals surface area contributed by atoms with E-state index in [4.69, 9.17) is 20.8 Å². The number of furan rings is 1.